The van der Waals surface area contributed by atoms with E-state index in [1.807, 2.05) is 22.7 Å². The Balaban J connectivity index is 2.88. The minimum atomic E-state index is -0.128. The molecule has 0 fully saturated rings. The predicted molar refractivity (Wildman–Crippen MR) is 66.3 cm³/mol. The summed E-state index contributed by atoms with van der Waals surface area (Å²) in [6.45, 7) is 6.18. The molecule has 0 spiro atoms. The summed E-state index contributed by atoms with van der Waals surface area (Å²) in [5.74, 6) is 0. The minimum Gasteiger partial charge on any atom is -0.290 e. The average Bonchev–Trinajstić information content (AvgIpc) is 2.57. The molecule has 2 rings (SSSR count). The molecule has 2 aromatic heterocycles. The van der Waals surface area contributed by atoms with Crippen molar-refractivity contribution >= 4 is 21.6 Å². The maximum Gasteiger partial charge on any atom is 0.152 e. The van der Waals surface area contributed by atoms with Gasteiger partial charge in [-0.3, -0.25) is 4.40 Å². The van der Waals surface area contributed by atoms with Gasteiger partial charge in [0.25, 0.3) is 0 Å². The van der Waals surface area contributed by atoms with E-state index in [-0.39, 0.29) is 5.41 Å². The highest BCUT2D eigenvalue weighted by molar-refractivity contribution is 9.10. The maximum atomic E-state index is 9.23. The van der Waals surface area contributed by atoms with Crippen molar-refractivity contribution in [3.05, 3.63) is 34.2 Å². The van der Waals surface area contributed by atoms with Gasteiger partial charge in [0.05, 0.1) is 10.2 Å². The van der Waals surface area contributed by atoms with Gasteiger partial charge >= 0.3 is 0 Å². The average molecular weight is 278 g/mol. The number of rotatable bonds is 0. The molecule has 2 aromatic rings. The second-order valence-corrected chi connectivity index (χ2v) is 5.57. The van der Waals surface area contributed by atoms with Crippen molar-refractivity contribution < 1.29 is 0 Å². The van der Waals surface area contributed by atoms with Crippen molar-refractivity contribution in [2.45, 2.75) is 26.2 Å². The Morgan fingerprint density at radius 3 is 2.69 bits per heavy atom. The number of nitriles is 1. The number of nitrogens with zero attached hydrogens (tertiary/aromatic N) is 3. The molecule has 0 aliphatic heterocycles. The number of hydrogen-bond donors (Lipinski definition) is 0. The van der Waals surface area contributed by atoms with E-state index in [1.165, 1.54) is 0 Å². The summed E-state index contributed by atoms with van der Waals surface area (Å²) < 4.78 is 2.73. The summed E-state index contributed by atoms with van der Waals surface area (Å²) in [6.07, 6.45) is 1.86. The summed E-state index contributed by atoms with van der Waals surface area (Å²) in [7, 11) is 0. The Kier molecular flexibility index (Phi) is 2.51. The Bertz CT molecular complexity index is 585. The van der Waals surface area contributed by atoms with Crippen LogP contribution in [0.3, 0.4) is 0 Å². The van der Waals surface area contributed by atoms with Gasteiger partial charge < -0.3 is 0 Å². The van der Waals surface area contributed by atoms with E-state index in [9.17, 15) is 5.26 Å². The fourth-order valence-electron chi connectivity index (χ4n) is 1.66. The van der Waals surface area contributed by atoms with E-state index in [4.69, 9.17) is 0 Å². The van der Waals surface area contributed by atoms with Crippen LogP contribution in [0.1, 0.15) is 32.2 Å². The van der Waals surface area contributed by atoms with E-state index in [0.717, 1.165) is 15.8 Å². The molecule has 3 nitrogen and oxygen atoms in total. The molecule has 0 saturated heterocycles. The van der Waals surface area contributed by atoms with Gasteiger partial charge in [0, 0.05) is 11.6 Å². The first kappa shape index (κ1) is 11.2. The lowest BCUT2D eigenvalue weighted by atomic mass is 9.91. The predicted octanol–water partition coefficient (Wildman–Crippen LogP) is 3.27. The smallest absolute Gasteiger partial charge is 0.152 e. The lowest BCUT2D eigenvalue weighted by Crippen LogP contribution is -2.13. The molecule has 0 aliphatic rings. The highest BCUT2D eigenvalue weighted by Crippen LogP contribution is 2.28. The zero-order chi connectivity index (χ0) is 11.9. The number of fused-ring (bicyclic) bond motifs is 1. The topological polar surface area (TPSA) is 41.1 Å². The van der Waals surface area contributed by atoms with Crippen LogP contribution in [0, 0.1) is 11.3 Å². The number of halogens is 1. The van der Waals surface area contributed by atoms with Crippen LogP contribution in [0.15, 0.2) is 22.8 Å². The van der Waals surface area contributed by atoms with Crippen LogP contribution < -0.4 is 0 Å². The molecule has 4 heteroatoms. The molecule has 0 saturated carbocycles. The third-order valence-corrected chi connectivity index (χ3v) is 3.04. The highest BCUT2D eigenvalue weighted by Gasteiger charge is 2.24. The molecule has 0 bridgehead atoms. The number of pyridine rings is 1. The second-order valence-electron chi connectivity index (χ2n) is 4.72. The van der Waals surface area contributed by atoms with Gasteiger partial charge in [-0.1, -0.05) is 20.8 Å². The SMILES string of the molecule is CC(C)(C)c1nc2c(Br)cccn2c1C#N. The van der Waals surface area contributed by atoms with Crippen LogP contribution in [0.25, 0.3) is 5.65 Å². The van der Waals surface area contributed by atoms with Crippen LogP contribution in [0.5, 0.6) is 0 Å². The van der Waals surface area contributed by atoms with Crippen molar-refractivity contribution in [2.75, 3.05) is 0 Å². The zero-order valence-corrected chi connectivity index (χ0v) is 11.0. The summed E-state index contributed by atoms with van der Waals surface area (Å²) in [5, 5.41) is 9.23. The lowest BCUT2D eigenvalue weighted by molar-refractivity contribution is 0.571. The van der Waals surface area contributed by atoms with Crippen molar-refractivity contribution in [3.63, 3.8) is 0 Å². The second kappa shape index (κ2) is 3.60. The molecule has 0 N–H and O–H groups in total. The molecule has 2 heterocycles. The Hall–Kier alpha value is -1.34. The Labute approximate surface area is 103 Å². The van der Waals surface area contributed by atoms with E-state index < -0.39 is 0 Å². The van der Waals surface area contributed by atoms with Crippen LogP contribution in [0.2, 0.25) is 0 Å². The molecule has 0 amide bonds. The first-order valence-electron chi connectivity index (χ1n) is 5.02. The zero-order valence-electron chi connectivity index (χ0n) is 9.45. The van der Waals surface area contributed by atoms with Gasteiger partial charge in [-0.2, -0.15) is 5.26 Å². The van der Waals surface area contributed by atoms with Crippen LogP contribution in [-0.2, 0) is 5.41 Å². The molecular weight excluding hydrogens is 266 g/mol. The van der Waals surface area contributed by atoms with Gasteiger partial charge in [-0.05, 0) is 28.1 Å². The first-order valence-corrected chi connectivity index (χ1v) is 5.81. The fourth-order valence-corrected chi connectivity index (χ4v) is 2.10. The first-order chi connectivity index (χ1) is 7.45. The highest BCUT2D eigenvalue weighted by atomic mass is 79.9. The van der Waals surface area contributed by atoms with Crippen molar-refractivity contribution in [1.82, 2.24) is 9.38 Å². The normalized spacial score (nSPS) is 11.7. The van der Waals surface area contributed by atoms with E-state index in [2.05, 4.69) is 47.8 Å². The quantitative estimate of drug-likeness (QED) is 0.742. The molecule has 0 atom stereocenters. The van der Waals surface area contributed by atoms with Crippen molar-refractivity contribution in [3.8, 4) is 6.07 Å². The maximum absolute atomic E-state index is 9.23. The van der Waals surface area contributed by atoms with Crippen LogP contribution >= 0.6 is 15.9 Å². The number of hydrogen-bond acceptors (Lipinski definition) is 2. The third kappa shape index (κ3) is 1.61. The van der Waals surface area contributed by atoms with Gasteiger partial charge in [0.1, 0.15) is 11.8 Å². The fraction of sp³-hybridized carbons (Fsp3) is 0.333. The molecule has 0 radical (unpaired) electrons. The molecule has 0 aromatic carbocycles. The van der Waals surface area contributed by atoms with Crippen LogP contribution in [-0.4, -0.2) is 9.38 Å². The molecular formula is C12H12BrN3. The Morgan fingerprint density at radius 1 is 1.44 bits per heavy atom. The minimum absolute atomic E-state index is 0.128. The summed E-state index contributed by atoms with van der Waals surface area (Å²) in [4.78, 5) is 4.55. The monoisotopic (exact) mass is 277 g/mol. The molecule has 16 heavy (non-hydrogen) atoms. The van der Waals surface area contributed by atoms with Gasteiger partial charge in [-0.25, -0.2) is 4.98 Å². The van der Waals surface area contributed by atoms with Gasteiger partial charge in [0.2, 0.25) is 0 Å². The largest absolute Gasteiger partial charge is 0.290 e. The Morgan fingerprint density at radius 2 is 2.12 bits per heavy atom. The van der Waals surface area contributed by atoms with Gasteiger partial charge in [-0.15, -0.1) is 0 Å². The third-order valence-electron chi connectivity index (χ3n) is 2.42. The van der Waals surface area contributed by atoms with Crippen LogP contribution in [0.4, 0.5) is 0 Å². The van der Waals surface area contributed by atoms with E-state index in [1.54, 1.807) is 0 Å². The molecule has 0 aliphatic carbocycles. The standard InChI is InChI=1S/C12H12BrN3/c1-12(2,3)10-9(7-14)16-6-4-5-8(13)11(16)15-10/h4-6H,1-3H3. The summed E-state index contributed by atoms with van der Waals surface area (Å²) >= 11 is 3.45. The molecule has 82 valence electrons. The van der Waals surface area contributed by atoms with Gasteiger partial charge in [0.15, 0.2) is 5.65 Å². The summed E-state index contributed by atoms with van der Waals surface area (Å²) in [5.41, 5.74) is 2.12. The van der Waals surface area contributed by atoms with E-state index >= 15 is 0 Å². The molecule has 0 unspecified atom stereocenters. The number of aromatic nitrogens is 2. The number of imidazole rings is 1. The van der Waals surface area contributed by atoms with Crippen molar-refractivity contribution in [2.24, 2.45) is 0 Å². The summed E-state index contributed by atoms with van der Waals surface area (Å²) in [6, 6.07) is 6.05. The lowest BCUT2D eigenvalue weighted by Gasteiger charge is -2.15. The van der Waals surface area contributed by atoms with Crippen molar-refractivity contribution in [1.29, 1.82) is 5.26 Å². The van der Waals surface area contributed by atoms with E-state index in [0.29, 0.717) is 5.69 Å².